The fourth-order valence-electron chi connectivity index (χ4n) is 3.35. The van der Waals surface area contributed by atoms with E-state index < -0.39 is 0 Å². The fraction of sp³-hybridized carbons (Fsp3) is 0.300. The second kappa shape index (κ2) is 7.58. The van der Waals surface area contributed by atoms with Crippen molar-refractivity contribution in [1.82, 2.24) is 19.9 Å². The Labute approximate surface area is 151 Å². The quantitative estimate of drug-likeness (QED) is 0.727. The number of aromatic nitrogens is 3. The Balaban J connectivity index is 1.49. The SMILES string of the molecule is O=C(c1ccncn1)N1CCOC[C@H](Cc2ccc3ncccc3c2)C1. The molecule has 6 heteroatoms. The molecule has 26 heavy (non-hydrogen) atoms. The summed E-state index contributed by atoms with van der Waals surface area (Å²) in [6.45, 7) is 2.45. The highest BCUT2D eigenvalue weighted by Gasteiger charge is 2.24. The van der Waals surface area contributed by atoms with Gasteiger partial charge in [0.1, 0.15) is 12.0 Å². The van der Waals surface area contributed by atoms with Crippen LogP contribution in [0.5, 0.6) is 0 Å². The summed E-state index contributed by atoms with van der Waals surface area (Å²) in [5.74, 6) is 0.183. The number of carbonyl (C=O) groups excluding carboxylic acids is 1. The number of hydrogen-bond acceptors (Lipinski definition) is 5. The third-order valence-electron chi connectivity index (χ3n) is 4.62. The predicted molar refractivity (Wildman–Crippen MR) is 97.7 cm³/mol. The summed E-state index contributed by atoms with van der Waals surface area (Å²) < 4.78 is 5.74. The van der Waals surface area contributed by atoms with Crippen LogP contribution >= 0.6 is 0 Å². The zero-order valence-electron chi connectivity index (χ0n) is 14.4. The minimum Gasteiger partial charge on any atom is -0.379 e. The molecule has 0 saturated carbocycles. The number of nitrogens with zero attached hydrogens (tertiary/aromatic N) is 4. The van der Waals surface area contributed by atoms with Crippen molar-refractivity contribution < 1.29 is 9.53 Å². The molecule has 1 amide bonds. The molecule has 4 rings (SSSR count). The lowest BCUT2D eigenvalue weighted by Crippen LogP contribution is -2.36. The van der Waals surface area contributed by atoms with Crippen LogP contribution in [-0.4, -0.2) is 52.1 Å². The zero-order chi connectivity index (χ0) is 17.8. The molecule has 0 bridgehead atoms. The van der Waals surface area contributed by atoms with Crippen LogP contribution in [0.2, 0.25) is 0 Å². The molecule has 6 nitrogen and oxygen atoms in total. The standard InChI is InChI=1S/C20H20N4O2/c25-20(19-5-7-21-14-23-19)24-8-9-26-13-16(12-24)10-15-3-4-18-17(11-15)2-1-6-22-18/h1-7,11,14,16H,8-10,12-13H2/t16-/m1/s1. The maximum absolute atomic E-state index is 12.7. The molecule has 0 N–H and O–H groups in total. The van der Waals surface area contributed by atoms with E-state index in [-0.39, 0.29) is 11.8 Å². The first kappa shape index (κ1) is 16.6. The van der Waals surface area contributed by atoms with E-state index >= 15 is 0 Å². The number of carbonyl (C=O) groups is 1. The Morgan fingerprint density at radius 3 is 3.04 bits per heavy atom. The Morgan fingerprint density at radius 1 is 1.19 bits per heavy atom. The van der Waals surface area contributed by atoms with Crippen LogP contribution < -0.4 is 0 Å². The van der Waals surface area contributed by atoms with E-state index in [9.17, 15) is 4.79 Å². The molecule has 1 aliphatic rings. The molecule has 1 saturated heterocycles. The van der Waals surface area contributed by atoms with Gasteiger partial charge in [-0.15, -0.1) is 0 Å². The van der Waals surface area contributed by atoms with E-state index in [2.05, 4.69) is 33.2 Å². The lowest BCUT2D eigenvalue weighted by atomic mass is 9.98. The topological polar surface area (TPSA) is 68.2 Å². The second-order valence-corrected chi connectivity index (χ2v) is 6.52. The van der Waals surface area contributed by atoms with Gasteiger partial charge in [0.25, 0.3) is 5.91 Å². The van der Waals surface area contributed by atoms with E-state index in [1.165, 1.54) is 11.9 Å². The average molecular weight is 348 g/mol. The van der Waals surface area contributed by atoms with Crippen molar-refractivity contribution in [3.05, 3.63) is 66.4 Å². The highest BCUT2D eigenvalue weighted by Crippen LogP contribution is 2.19. The second-order valence-electron chi connectivity index (χ2n) is 6.52. The van der Waals surface area contributed by atoms with Crippen molar-refractivity contribution in [2.75, 3.05) is 26.3 Å². The van der Waals surface area contributed by atoms with Crippen LogP contribution in [0.15, 0.2) is 55.1 Å². The molecular formula is C20H20N4O2. The van der Waals surface area contributed by atoms with Gasteiger partial charge in [-0.25, -0.2) is 9.97 Å². The molecule has 0 aliphatic carbocycles. The summed E-state index contributed by atoms with van der Waals surface area (Å²) >= 11 is 0. The maximum atomic E-state index is 12.7. The minimum absolute atomic E-state index is 0.0642. The van der Waals surface area contributed by atoms with Gasteiger partial charge in [0.2, 0.25) is 0 Å². The number of hydrogen-bond donors (Lipinski definition) is 0. The Hall–Kier alpha value is -2.86. The van der Waals surface area contributed by atoms with Crippen molar-refractivity contribution in [3.8, 4) is 0 Å². The third-order valence-corrected chi connectivity index (χ3v) is 4.62. The van der Waals surface area contributed by atoms with E-state index in [4.69, 9.17) is 4.74 Å². The lowest BCUT2D eigenvalue weighted by Gasteiger charge is -2.23. The summed E-state index contributed by atoms with van der Waals surface area (Å²) in [7, 11) is 0. The van der Waals surface area contributed by atoms with Crippen molar-refractivity contribution >= 4 is 16.8 Å². The molecule has 0 radical (unpaired) electrons. The van der Waals surface area contributed by atoms with Gasteiger partial charge in [0.15, 0.2) is 0 Å². The lowest BCUT2D eigenvalue weighted by molar-refractivity contribution is 0.0731. The first-order chi connectivity index (χ1) is 12.8. The normalized spacial score (nSPS) is 17.8. The number of amides is 1. The summed E-state index contributed by atoms with van der Waals surface area (Å²) in [6.07, 6.45) is 5.66. The minimum atomic E-state index is -0.0642. The van der Waals surface area contributed by atoms with Crippen molar-refractivity contribution in [3.63, 3.8) is 0 Å². The largest absolute Gasteiger partial charge is 0.379 e. The van der Waals surface area contributed by atoms with Crippen molar-refractivity contribution in [2.45, 2.75) is 6.42 Å². The number of rotatable bonds is 3. The molecule has 132 valence electrons. The van der Waals surface area contributed by atoms with Crippen LogP contribution in [0.4, 0.5) is 0 Å². The summed E-state index contributed by atoms with van der Waals surface area (Å²) in [5.41, 5.74) is 2.65. The number of ether oxygens (including phenoxy) is 1. The van der Waals surface area contributed by atoms with Crippen molar-refractivity contribution in [2.24, 2.45) is 5.92 Å². The Morgan fingerprint density at radius 2 is 2.15 bits per heavy atom. The fourth-order valence-corrected chi connectivity index (χ4v) is 3.35. The Kier molecular flexibility index (Phi) is 4.84. The van der Waals surface area contributed by atoms with E-state index in [0.29, 0.717) is 32.0 Å². The molecule has 0 unspecified atom stereocenters. The van der Waals surface area contributed by atoms with Gasteiger partial charge in [-0.2, -0.15) is 0 Å². The molecule has 2 aromatic heterocycles. The van der Waals surface area contributed by atoms with Gasteiger partial charge >= 0.3 is 0 Å². The van der Waals surface area contributed by atoms with Crippen LogP contribution in [0.25, 0.3) is 10.9 Å². The maximum Gasteiger partial charge on any atom is 0.272 e. The first-order valence-corrected chi connectivity index (χ1v) is 8.76. The van der Waals surface area contributed by atoms with Gasteiger partial charge in [0, 0.05) is 36.8 Å². The number of benzene rings is 1. The highest BCUT2D eigenvalue weighted by atomic mass is 16.5. The smallest absolute Gasteiger partial charge is 0.272 e. The Bertz CT molecular complexity index is 900. The van der Waals surface area contributed by atoms with Gasteiger partial charge < -0.3 is 9.64 Å². The van der Waals surface area contributed by atoms with Gasteiger partial charge in [-0.1, -0.05) is 12.1 Å². The van der Waals surface area contributed by atoms with Crippen LogP contribution in [0.3, 0.4) is 0 Å². The summed E-state index contributed by atoms with van der Waals surface area (Å²) in [4.78, 5) is 26.8. The summed E-state index contributed by atoms with van der Waals surface area (Å²) in [5, 5.41) is 1.13. The number of fused-ring (bicyclic) bond motifs is 1. The van der Waals surface area contributed by atoms with Crippen LogP contribution in [0.1, 0.15) is 16.1 Å². The first-order valence-electron chi connectivity index (χ1n) is 8.76. The van der Waals surface area contributed by atoms with E-state index in [1.807, 2.05) is 17.0 Å². The molecule has 1 aliphatic heterocycles. The molecule has 1 atom stereocenters. The molecule has 0 spiro atoms. The molecule has 1 aromatic carbocycles. The van der Waals surface area contributed by atoms with E-state index in [0.717, 1.165) is 17.3 Å². The van der Waals surface area contributed by atoms with Gasteiger partial charge in [-0.05, 0) is 36.2 Å². The zero-order valence-corrected chi connectivity index (χ0v) is 14.4. The molecule has 1 fully saturated rings. The molecular weight excluding hydrogens is 328 g/mol. The van der Waals surface area contributed by atoms with Crippen LogP contribution in [-0.2, 0) is 11.2 Å². The van der Waals surface area contributed by atoms with Gasteiger partial charge in [-0.3, -0.25) is 9.78 Å². The average Bonchev–Trinajstić information content (AvgIpc) is 2.93. The van der Waals surface area contributed by atoms with Gasteiger partial charge in [0.05, 0.1) is 18.7 Å². The van der Waals surface area contributed by atoms with Crippen molar-refractivity contribution in [1.29, 1.82) is 0 Å². The molecule has 3 heterocycles. The van der Waals surface area contributed by atoms with E-state index in [1.54, 1.807) is 18.5 Å². The van der Waals surface area contributed by atoms with Crippen LogP contribution in [0, 0.1) is 5.92 Å². The predicted octanol–water partition coefficient (Wildman–Crippen LogP) is 2.36. The third kappa shape index (κ3) is 3.70. The number of pyridine rings is 1. The monoisotopic (exact) mass is 348 g/mol. The molecule has 3 aromatic rings. The highest BCUT2D eigenvalue weighted by molar-refractivity contribution is 5.92. The summed E-state index contributed by atoms with van der Waals surface area (Å²) in [6, 6.07) is 12.0.